The van der Waals surface area contributed by atoms with Gasteiger partial charge in [0.2, 0.25) is 5.91 Å². The third-order valence-electron chi connectivity index (χ3n) is 4.53. The van der Waals surface area contributed by atoms with Gasteiger partial charge in [-0.3, -0.25) is 4.79 Å². The minimum atomic E-state index is -0.227. The van der Waals surface area contributed by atoms with E-state index in [1.807, 2.05) is 42.5 Å². The smallest absolute Gasteiger partial charge is 0.319 e. The molecule has 2 N–H and O–H groups in total. The quantitative estimate of drug-likeness (QED) is 0.901. The van der Waals surface area contributed by atoms with Gasteiger partial charge in [0.25, 0.3) is 0 Å². The average Bonchev–Trinajstić information content (AvgIpc) is 2.79. The molecule has 0 aliphatic carbocycles. The van der Waals surface area contributed by atoms with Crippen molar-refractivity contribution in [3.63, 3.8) is 0 Å². The second kappa shape index (κ2) is 7.83. The zero-order valence-electron chi connectivity index (χ0n) is 14.4. The van der Waals surface area contributed by atoms with Gasteiger partial charge >= 0.3 is 6.03 Å². The van der Waals surface area contributed by atoms with Crippen LogP contribution < -0.4 is 10.6 Å². The zero-order valence-corrected chi connectivity index (χ0v) is 14.4. The second-order valence-electron chi connectivity index (χ2n) is 6.38. The summed E-state index contributed by atoms with van der Waals surface area (Å²) in [6.07, 6.45) is 1.94. The van der Waals surface area contributed by atoms with Crippen molar-refractivity contribution in [3.8, 4) is 11.1 Å². The number of hydrogen-bond donors (Lipinski definition) is 2. The summed E-state index contributed by atoms with van der Waals surface area (Å²) in [5.74, 6) is 0.140. The van der Waals surface area contributed by atoms with Crippen molar-refractivity contribution in [1.29, 1.82) is 0 Å². The minimum Gasteiger partial charge on any atom is -0.346 e. The maximum Gasteiger partial charge on any atom is 0.319 e. The lowest BCUT2D eigenvalue weighted by atomic mass is 10.1. The maximum atomic E-state index is 12.2. The molecule has 1 unspecified atom stereocenters. The number of carbonyl (C=O) groups is 2. The maximum absolute atomic E-state index is 12.2. The first-order chi connectivity index (χ1) is 12.1. The molecule has 25 heavy (non-hydrogen) atoms. The van der Waals surface area contributed by atoms with E-state index in [0.717, 1.165) is 23.2 Å². The molecule has 3 amide bonds. The Bertz CT molecular complexity index is 728. The van der Waals surface area contributed by atoms with Crippen molar-refractivity contribution < 1.29 is 9.59 Å². The highest BCUT2D eigenvalue weighted by Crippen LogP contribution is 2.21. The third kappa shape index (κ3) is 4.59. The van der Waals surface area contributed by atoms with Crippen molar-refractivity contribution in [3.05, 3.63) is 54.6 Å². The van der Waals surface area contributed by atoms with Gasteiger partial charge in [-0.15, -0.1) is 0 Å². The Morgan fingerprint density at radius 3 is 2.40 bits per heavy atom. The number of nitrogens with zero attached hydrogens (tertiary/aromatic N) is 1. The lowest BCUT2D eigenvalue weighted by Crippen LogP contribution is -2.38. The summed E-state index contributed by atoms with van der Waals surface area (Å²) in [5.41, 5.74) is 3.00. The molecule has 130 valence electrons. The van der Waals surface area contributed by atoms with Gasteiger partial charge < -0.3 is 15.5 Å². The predicted molar refractivity (Wildman–Crippen MR) is 99.3 cm³/mol. The highest BCUT2D eigenvalue weighted by molar-refractivity contribution is 5.89. The summed E-state index contributed by atoms with van der Waals surface area (Å²) in [4.78, 5) is 25.6. The van der Waals surface area contributed by atoms with E-state index in [4.69, 9.17) is 0 Å². The largest absolute Gasteiger partial charge is 0.346 e. The Hall–Kier alpha value is -2.82. The van der Waals surface area contributed by atoms with Crippen molar-refractivity contribution in [2.45, 2.75) is 25.3 Å². The molecule has 1 aliphatic heterocycles. The molecule has 0 aromatic heterocycles. The van der Waals surface area contributed by atoms with E-state index in [2.05, 4.69) is 22.8 Å². The molecule has 1 fully saturated rings. The second-order valence-corrected chi connectivity index (χ2v) is 6.38. The molecule has 0 spiro atoms. The Morgan fingerprint density at radius 1 is 1.00 bits per heavy atom. The van der Waals surface area contributed by atoms with Gasteiger partial charge in [0.1, 0.15) is 0 Å². The van der Waals surface area contributed by atoms with Crippen LogP contribution in [0.1, 0.15) is 19.3 Å². The average molecular weight is 337 g/mol. The van der Waals surface area contributed by atoms with E-state index in [0.29, 0.717) is 19.4 Å². The highest BCUT2D eigenvalue weighted by atomic mass is 16.2. The van der Waals surface area contributed by atoms with E-state index in [9.17, 15) is 9.59 Å². The van der Waals surface area contributed by atoms with Crippen LogP contribution in [0.15, 0.2) is 54.6 Å². The molecule has 1 heterocycles. The fraction of sp³-hybridized carbons (Fsp3) is 0.300. The van der Waals surface area contributed by atoms with E-state index < -0.39 is 0 Å². The lowest BCUT2D eigenvalue weighted by Gasteiger charge is -2.17. The molecule has 0 saturated carbocycles. The standard InChI is InChI=1S/C20H23N3O2/c1-23-14-13-18(11-12-19(23)24)22-20(25)21-17-9-7-16(8-10-17)15-5-3-2-4-6-15/h2-10,18H,11-14H2,1H3,(H2,21,22,25). The van der Waals surface area contributed by atoms with Gasteiger partial charge in [-0.2, -0.15) is 0 Å². The molecule has 1 aliphatic rings. The SMILES string of the molecule is CN1CCC(NC(=O)Nc2ccc(-c3ccccc3)cc2)CCC1=O. The van der Waals surface area contributed by atoms with Gasteiger partial charge in [-0.25, -0.2) is 4.79 Å². The van der Waals surface area contributed by atoms with Gasteiger partial charge in [-0.1, -0.05) is 42.5 Å². The van der Waals surface area contributed by atoms with Gasteiger partial charge in [0.15, 0.2) is 0 Å². The first-order valence-corrected chi connectivity index (χ1v) is 8.59. The van der Waals surface area contributed by atoms with Crippen LogP contribution in [0.25, 0.3) is 11.1 Å². The van der Waals surface area contributed by atoms with Gasteiger partial charge in [-0.05, 0) is 36.1 Å². The van der Waals surface area contributed by atoms with E-state index in [1.165, 1.54) is 0 Å². The Labute approximate surface area is 148 Å². The van der Waals surface area contributed by atoms with Crippen LogP contribution in [0.4, 0.5) is 10.5 Å². The Morgan fingerprint density at radius 2 is 1.68 bits per heavy atom. The molecule has 2 aromatic rings. The molecule has 5 heteroatoms. The van der Waals surface area contributed by atoms with Crippen molar-refractivity contribution in [1.82, 2.24) is 10.2 Å². The van der Waals surface area contributed by atoms with Crippen LogP contribution >= 0.6 is 0 Å². The molecule has 0 radical (unpaired) electrons. The summed E-state index contributed by atoms with van der Waals surface area (Å²) in [6, 6.07) is 17.7. The highest BCUT2D eigenvalue weighted by Gasteiger charge is 2.21. The molecule has 3 rings (SSSR count). The van der Waals surface area contributed by atoms with Crippen molar-refractivity contribution in [2.75, 3.05) is 18.9 Å². The number of carbonyl (C=O) groups excluding carboxylic acids is 2. The summed E-state index contributed by atoms with van der Waals surface area (Å²) in [7, 11) is 1.80. The van der Waals surface area contributed by atoms with E-state index in [-0.39, 0.29) is 18.0 Å². The Kier molecular flexibility index (Phi) is 5.33. The van der Waals surface area contributed by atoms with E-state index in [1.54, 1.807) is 11.9 Å². The van der Waals surface area contributed by atoms with Gasteiger partial charge in [0, 0.05) is 31.7 Å². The predicted octanol–water partition coefficient (Wildman–Crippen LogP) is 3.49. The number of amides is 3. The number of benzene rings is 2. The summed E-state index contributed by atoms with van der Waals surface area (Å²) in [6.45, 7) is 0.676. The molecular formula is C20H23N3O2. The third-order valence-corrected chi connectivity index (χ3v) is 4.53. The zero-order chi connectivity index (χ0) is 17.6. The van der Waals surface area contributed by atoms with Crippen LogP contribution in [0.3, 0.4) is 0 Å². The minimum absolute atomic E-state index is 0.0255. The topological polar surface area (TPSA) is 61.4 Å². The normalized spacial score (nSPS) is 17.7. The number of urea groups is 1. The number of hydrogen-bond acceptors (Lipinski definition) is 2. The first-order valence-electron chi connectivity index (χ1n) is 8.59. The van der Waals surface area contributed by atoms with Crippen molar-refractivity contribution in [2.24, 2.45) is 0 Å². The monoisotopic (exact) mass is 337 g/mol. The number of nitrogens with one attached hydrogen (secondary N) is 2. The van der Waals surface area contributed by atoms with Crippen LogP contribution in [-0.4, -0.2) is 36.5 Å². The molecule has 1 atom stereocenters. The number of likely N-dealkylation sites (tertiary alicyclic amines) is 1. The number of rotatable bonds is 3. The lowest BCUT2D eigenvalue weighted by molar-refractivity contribution is -0.129. The fourth-order valence-corrected chi connectivity index (χ4v) is 2.98. The fourth-order valence-electron chi connectivity index (χ4n) is 2.98. The summed E-state index contributed by atoms with van der Waals surface area (Å²) in [5, 5.41) is 5.83. The van der Waals surface area contributed by atoms with Crippen LogP contribution in [0.5, 0.6) is 0 Å². The van der Waals surface area contributed by atoms with E-state index >= 15 is 0 Å². The van der Waals surface area contributed by atoms with Crippen LogP contribution in [0, 0.1) is 0 Å². The Balaban J connectivity index is 1.55. The summed E-state index contributed by atoms with van der Waals surface area (Å²) >= 11 is 0. The van der Waals surface area contributed by atoms with Crippen LogP contribution in [-0.2, 0) is 4.79 Å². The molecule has 5 nitrogen and oxygen atoms in total. The summed E-state index contributed by atoms with van der Waals surface area (Å²) < 4.78 is 0. The van der Waals surface area contributed by atoms with Crippen LogP contribution in [0.2, 0.25) is 0 Å². The van der Waals surface area contributed by atoms with Gasteiger partial charge in [0.05, 0.1) is 0 Å². The molecule has 2 aromatic carbocycles. The molecular weight excluding hydrogens is 314 g/mol. The molecule has 0 bridgehead atoms. The first kappa shape index (κ1) is 17.0. The van der Waals surface area contributed by atoms with Crippen molar-refractivity contribution >= 4 is 17.6 Å². The molecule has 1 saturated heterocycles. The number of anilines is 1.